The summed E-state index contributed by atoms with van der Waals surface area (Å²) in [6.07, 6.45) is 3.38. The second-order valence-electron chi connectivity index (χ2n) is 7.02. The molecule has 4 rings (SSSR count). The number of ether oxygens (including phenoxy) is 1. The topological polar surface area (TPSA) is 35.1 Å². The van der Waals surface area contributed by atoms with Gasteiger partial charge in [-0.2, -0.15) is 13.2 Å². The van der Waals surface area contributed by atoms with Gasteiger partial charge in [0.05, 0.1) is 6.54 Å². The summed E-state index contributed by atoms with van der Waals surface area (Å²) in [4.78, 5) is 12.8. The summed E-state index contributed by atoms with van der Waals surface area (Å²) in [5.41, 5.74) is 0.964. The fourth-order valence-electron chi connectivity index (χ4n) is 3.89. The lowest BCUT2D eigenvalue weighted by atomic mass is 10.1. The number of ketones is 1. The number of carbonyl (C=O) groups excluding carboxylic acids is 1. The first-order valence-electron chi connectivity index (χ1n) is 9.42. The normalized spacial score (nSPS) is 13.6. The Morgan fingerprint density at radius 3 is 2.50 bits per heavy atom. The maximum atomic E-state index is 14.6. The van der Waals surface area contributed by atoms with Crippen LogP contribution in [0, 0.1) is 11.6 Å². The maximum Gasteiger partial charge on any atom is 0.387 e. The smallest absolute Gasteiger partial charge is 0.387 e. The summed E-state index contributed by atoms with van der Waals surface area (Å²) >= 11 is 0. The van der Waals surface area contributed by atoms with Gasteiger partial charge >= 0.3 is 6.61 Å². The molecule has 0 amide bonds. The fourth-order valence-corrected chi connectivity index (χ4v) is 3.89. The van der Waals surface area contributed by atoms with Crippen LogP contribution in [0.3, 0.4) is 0 Å². The summed E-state index contributed by atoms with van der Waals surface area (Å²) in [5, 5.41) is 0. The van der Waals surface area contributed by atoms with Gasteiger partial charge in [0, 0.05) is 12.0 Å². The molecule has 4 nitrogen and oxygen atoms in total. The number of hydrogen-bond acceptors (Lipinski definition) is 2. The van der Waals surface area contributed by atoms with Crippen LogP contribution in [0.5, 0.6) is 5.75 Å². The number of rotatable bonds is 5. The number of hydrogen-bond donors (Lipinski definition) is 0. The van der Waals surface area contributed by atoms with E-state index in [1.165, 1.54) is 30.3 Å². The zero-order valence-corrected chi connectivity index (χ0v) is 17.5. The van der Waals surface area contributed by atoms with Crippen LogP contribution in [0.15, 0.2) is 36.4 Å². The predicted molar refractivity (Wildman–Crippen MR) is 97.0 cm³/mol. The van der Waals surface area contributed by atoms with Gasteiger partial charge in [0.15, 0.2) is 17.9 Å². The van der Waals surface area contributed by atoms with Gasteiger partial charge in [0.25, 0.3) is 5.82 Å². The average molecular weight is 487 g/mol. The Morgan fingerprint density at radius 2 is 1.80 bits per heavy atom. The Kier molecular flexibility index (Phi) is 6.80. The second kappa shape index (κ2) is 9.16. The summed E-state index contributed by atoms with van der Waals surface area (Å²) in [6.45, 7) is -2.43. The van der Waals surface area contributed by atoms with Gasteiger partial charge in [-0.1, -0.05) is 0 Å². The minimum absolute atomic E-state index is 0. The van der Waals surface area contributed by atoms with E-state index in [9.17, 15) is 22.4 Å². The third-order valence-corrected chi connectivity index (χ3v) is 5.22. The van der Waals surface area contributed by atoms with Gasteiger partial charge in [0.1, 0.15) is 5.75 Å². The molecule has 2 aromatic carbocycles. The highest BCUT2D eigenvalue weighted by Crippen LogP contribution is 2.24. The molecule has 0 saturated heterocycles. The maximum absolute atomic E-state index is 14.6. The Morgan fingerprint density at radius 1 is 1.07 bits per heavy atom. The molecule has 1 aliphatic rings. The SMILES string of the molecule is O=C(Cn1c2[n+](c3c(F)c(F)ccc31)CCCCC2)c1ccc(OC(F)F)cc1.[Br-]. The van der Waals surface area contributed by atoms with E-state index in [0.717, 1.165) is 31.2 Å². The van der Waals surface area contributed by atoms with Crippen molar-refractivity contribution < 1.29 is 48.6 Å². The Bertz CT molecular complexity index is 1070. The highest BCUT2D eigenvalue weighted by molar-refractivity contribution is 5.96. The molecule has 0 spiro atoms. The van der Waals surface area contributed by atoms with Crippen molar-refractivity contribution >= 4 is 16.8 Å². The number of benzene rings is 2. The molecule has 0 bridgehead atoms. The summed E-state index contributed by atoms with van der Waals surface area (Å²) < 4.78 is 60.8. The van der Waals surface area contributed by atoms with Gasteiger partial charge in [-0.15, -0.1) is 0 Å². The number of nitrogens with zero attached hydrogens (tertiary/aromatic N) is 2. The molecule has 0 unspecified atom stereocenters. The van der Waals surface area contributed by atoms with Crippen molar-refractivity contribution in [3.63, 3.8) is 0 Å². The molecule has 0 radical (unpaired) electrons. The molecule has 0 saturated carbocycles. The quantitative estimate of drug-likeness (QED) is 0.310. The zero-order valence-electron chi connectivity index (χ0n) is 15.9. The van der Waals surface area contributed by atoms with Crippen molar-refractivity contribution in [3.8, 4) is 5.75 Å². The van der Waals surface area contributed by atoms with Crippen molar-refractivity contribution in [2.24, 2.45) is 0 Å². The van der Waals surface area contributed by atoms with Crippen LogP contribution in [-0.2, 0) is 19.5 Å². The van der Waals surface area contributed by atoms with E-state index in [0.29, 0.717) is 24.0 Å². The van der Waals surface area contributed by atoms with E-state index in [-0.39, 0.29) is 40.6 Å². The Labute approximate surface area is 180 Å². The molecule has 160 valence electrons. The monoisotopic (exact) mass is 486 g/mol. The Hall–Kier alpha value is -2.42. The van der Waals surface area contributed by atoms with E-state index in [1.54, 1.807) is 9.13 Å². The number of imidazole rings is 1. The third kappa shape index (κ3) is 4.21. The standard InChI is InChI=1S/C21H19F4N2O2.BrH/c22-15-9-10-16-20(19(15)23)26-11-3-1-2-4-18(26)27(16)12-17(28)13-5-7-14(8-6-13)29-21(24)25;/h5-10,21H,1-4,11-12H2;1H/q+1;/p-1. The van der Waals surface area contributed by atoms with Gasteiger partial charge in [-0.05, 0) is 55.7 Å². The third-order valence-electron chi connectivity index (χ3n) is 5.22. The van der Waals surface area contributed by atoms with Crippen molar-refractivity contribution in [1.29, 1.82) is 0 Å². The van der Waals surface area contributed by atoms with Crippen molar-refractivity contribution in [2.75, 3.05) is 0 Å². The van der Waals surface area contributed by atoms with Crippen LogP contribution in [0.2, 0.25) is 0 Å². The molecular formula is C21H19BrF4N2O2. The average Bonchev–Trinajstić information content (AvgIpc) is 2.83. The molecule has 1 aromatic heterocycles. The summed E-state index contributed by atoms with van der Waals surface area (Å²) in [5.74, 6) is -1.35. The zero-order chi connectivity index (χ0) is 20.5. The van der Waals surface area contributed by atoms with Crippen molar-refractivity contribution in [3.05, 3.63) is 59.4 Å². The van der Waals surface area contributed by atoms with Gasteiger partial charge in [-0.25, -0.2) is 13.5 Å². The highest BCUT2D eigenvalue weighted by Gasteiger charge is 2.31. The van der Waals surface area contributed by atoms with Crippen molar-refractivity contribution in [2.45, 2.75) is 45.4 Å². The van der Waals surface area contributed by atoms with E-state index in [2.05, 4.69) is 4.74 Å². The highest BCUT2D eigenvalue weighted by atomic mass is 79.9. The van der Waals surface area contributed by atoms with E-state index >= 15 is 0 Å². The first kappa shape index (κ1) is 22.3. The molecule has 9 heteroatoms. The number of fused-ring (bicyclic) bond motifs is 3. The van der Waals surface area contributed by atoms with Gasteiger partial charge < -0.3 is 21.7 Å². The van der Waals surface area contributed by atoms with Crippen LogP contribution >= 0.6 is 0 Å². The van der Waals surface area contributed by atoms with E-state index < -0.39 is 18.2 Å². The minimum atomic E-state index is -2.94. The number of aromatic nitrogens is 2. The van der Waals surface area contributed by atoms with Gasteiger partial charge in [0.2, 0.25) is 17.1 Å². The number of aryl methyl sites for hydroxylation is 1. The predicted octanol–water partition coefficient (Wildman–Crippen LogP) is 1.42. The number of carbonyl (C=O) groups is 1. The molecule has 2 heterocycles. The molecule has 0 atom stereocenters. The molecular weight excluding hydrogens is 468 g/mol. The van der Waals surface area contributed by atoms with Crippen LogP contribution in [0.25, 0.3) is 11.0 Å². The first-order valence-corrected chi connectivity index (χ1v) is 9.42. The summed E-state index contributed by atoms with van der Waals surface area (Å²) in [7, 11) is 0. The first-order chi connectivity index (χ1) is 14.0. The summed E-state index contributed by atoms with van der Waals surface area (Å²) in [6, 6.07) is 7.99. The molecule has 1 aliphatic heterocycles. The largest absolute Gasteiger partial charge is 1.00 e. The number of Topliss-reactive ketones (excluding diaryl/α,β-unsaturated/α-hetero) is 1. The lowest BCUT2D eigenvalue weighted by molar-refractivity contribution is -0.679. The molecule has 30 heavy (non-hydrogen) atoms. The van der Waals surface area contributed by atoms with Crippen LogP contribution in [0.1, 0.15) is 35.4 Å². The van der Waals surface area contributed by atoms with E-state index in [4.69, 9.17) is 0 Å². The lowest BCUT2D eigenvalue weighted by Gasteiger charge is -2.06. The van der Waals surface area contributed by atoms with Crippen LogP contribution in [0.4, 0.5) is 17.6 Å². The fraction of sp³-hybridized carbons (Fsp3) is 0.333. The van der Waals surface area contributed by atoms with Crippen LogP contribution in [-0.4, -0.2) is 17.0 Å². The van der Waals surface area contributed by atoms with Crippen LogP contribution < -0.4 is 26.3 Å². The molecule has 3 aromatic rings. The Balaban J connectivity index is 0.00000256. The molecule has 0 fully saturated rings. The molecule has 0 aliphatic carbocycles. The lowest BCUT2D eigenvalue weighted by Crippen LogP contribution is -3.00. The minimum Gasteiger partial charge on any atom is -1.00 e. The second-order valence-corrected chi connectivity index (χ2v) is 7.02. The van der Waals surface area contributed by atoms with Gasteiger partial charge in [-0.3, -0.25) is 4.79 Å². The number of halogens is 5. The molecule has 0 N–H and O–H groups in total. The van der Waals surface area contributed by atoms with E-state index in [1.807, 2.05) is 0 Å². The van der Waals surface area contributed by atoms with Crippen molar-refractivity contribution in [1.82, 2.24) is 4.57 Å². The number of alkyl halides is 2.